The summed E-state index contributed by atoms with van der Waals surface area (Å²) >= 11 is 0. The largest absolute Gasteiger partial charge is 0.534 e. The predicted molar refractivity (Wildman–Crippen MR) is 119 cm³/mol. The maximum absolute atomic E-state index is 13.1. The van der Waals surface area contributed by atoms with Crippen molar-refractivity contribution in [2.75, 3.05) is 11.6 Å². The molecule has 0 spiro atoms. The van der Waals surface area contributed by atoms with Crippen LogP contribution in [0.1, 0.15) is 55.6 Å². The number of carbonyl (C=O) groups excluding carboxylic acids is 1. The maximum Gasteiger partial charge on any atom is 0.534 e. The number of hydrogen-bond acceptors (Lipinski definition) is 8. The summed E-state index contributed by atoms with van der Waals surface area (Å²) in [5, 5.41) is 1.77. The standard InChI is InChI=1S/C22H21F5N2O7S/c1-4-34-19(31)13-10-28-15(9-16(13)30)12-7-17(35-20(23)24)18(36-37(32,33)22(25,26)27)8-11(12)14-5-6-21(2,3)29(14)28/h7-10,14,20H,4-6H2,1-3H3/t14-/m1/s1. The number of hydrogen-bond donors (Lipinski definition) is 0. The lowest BCUT2D eigenvalue weighted by atomic mass is 9.93. The minimum Gasteiger partial charge on any atom is -0.462 e. The van der Waals surface area contributed by atoms with Crippen LogP contribution in [0.3, 0.4) is 0 Å². The molecule has 2 aliphatic heterocycles. The quantitative estimate of drug-likeness (QED) is 0.229. The highest BCUT2D eigenvalue weighted by Crippen LogP contribution is 2.51. The van der Waals surface area contributed by atoms with Gasteiger partial charge < -0.3 is 13.7 Å². The molecule has 0 N–H and O–H groups in total. The Labute approximate surface area is 207 Å². The molecule has 1 atom stereocenters. The Hall–Kier alpha value is -3.36. The molecule has 0 unspecified atom stereocenters. The van der Waals surface area contributed by atoms with Gasteiger partial charge in [0.2, 0.25) is 0 Å². The van der Waals surface area contributed by atoms with Crippen molar-refractivity contribution in [2.45, 2.75) is 57.3 Å². The molecule has 0 amide bonds. The van der Waals surface area contributed by atoms with E-state index in [1.807, 2.05) is 13.8 Å². The zero-order valence-corrected chi connectivity index (χ0v) is 20.5. The molecule has 1 fully saturated rings. The lowest BCUT2D eigenvalue weighted by Gasteiger charge is -2.44. The first-order valence-electron chi connectivity index (χ1n) is 10.9. The molecule has 2 aromatic rings. The molecule has 3 heterocycles. The maximum atomic E-state index is 13.1. The van der Waals surface area contributed by atoms with Gasteiger partial charge in [-0.3, -0.25) is 14.5 Å². The van der Waals surface area contributed by atoms with Crippen molar-refractivity contribution < 1.29 is 48.8 Å². The summed E-state index contributed by atoms with van der Waals surface area (Å²) in [5.41, 5.74) is -7.01. The van der Waals surface area contributed by atoms with Gasteiger partial charge in [-0.05, 0) is 51.3 Å². The summed E-state index contributed by atoms with van der Waals surface area (Å²) in [5.74, 6) is -2.94. The van der Waals surface area contributed by atoms with Crippen LogP contribution in [0.2, 0.25) is 0 Å². The molecule has 1 aromatic carbocycles. The highest BCUT2D eigenvalue weighted by molar-refractivity contribution is 7.88. The van der Waals surface area contributed by atoms with Gasteiger partial charge in [0.15, 0.2) is 16.9 Å². The van der Waals surface area contributed by atoms with Crippen molar-refractivity contribution in [2.24, 2.45) is 0 Å². The zero-order chi connectivity index (χ0) is 27.5. The third-order valence-corrected chi connectivity index (χ3v) is 7.12. The highest BCUT2D eigenvalue weighted by atomic mass is 32.2. The Morgan fingerprint density at radius 2 is 1.86 bits per heavy atom. The monoisotopic (exact) mass is 552 g/mol. The van der Waals surface area contributed by atoms with E-state index in [1.165, 1.54) is 10.9 Å². The van der Waals surface area contributed by atoms with Crippen LogP contribution in [0.15, 0.2) is 29.2 Å². The summed E-state index contributed by atoms with van der Waals surface area (Å²) in [4.78, 5) is 25.1. The van der Waals surface area contributed by atoms with Crippen LogP contribution < -0.4 is 19.4 Å². The Morgan fingerprint density at radius 3 is 2.46 bits per heavy atom. The number of fused-ring (bicyclic) bond motifs is 6. The van der Waals surface area contributed by atoms with Gasteiger partial charge in [0.25, 0.3) is 0 Å². The fourth-order valence-corrected chi connectivity index (χ4v) is 5.10. The van der Waals surface area contributed by atoms with E-state index in [-0.39, 0.29) is 29.0 Å². The first-order chi connectivity index (χ1) is 17.1. The predicted octanol–water partition coefficient (Wildman–Crippen LogP) is 4.09. The summed E-state index contributed by atoms with van der Waals surface area (Å²) in [6.07, 6.45) is 2.22. The molecule has 4 rings (SSSR count). The second-order valence-corrected chi connectivity index (χ2v) is 10.5. The first-order valence-corrected chi connectivity index (χ1v) is 12.4. The number of rotatable bonds is 6. The number of benzene rings is 1. The van der Waals surface area contributed by atoms with Gasteiger partial charge in [-0.2, -0.15) is 30.4 Å². The summed E-state index contributed by atoms with van der Waals surface area (Å²) in [7, 11) is -6.21. The number of ether oxygens (including phenoxy) is 2. The SMILES string of the molecule is CCOC(=O)c1cn2c(cc1=O)-c1cc(OC(F)F)c(OS(=O)(=O)C(F)(F)F)cc1[C@H]1CCC(C)(C)N12. The van der Waals surface area contributed by atoms with Gasteiger partial charge in [0.05, 0.1) is 23.9 Å². The highest BCUT2D eigenvalue weighted by Gasteiger charge is 2.50. The van der Waals surface area contributed by atoms with Gasteiger partial charge in [-0.25, -0.2) is 4.79 Å². The minimum absolute atomic E-state index is 0.0125. The van der Waals surface area contributed by atoms with Gasteiger partial charge in [0.1, 0.15) is 5.56 Å². The topological polar surface area (TPSA) is 104 Å². The van der Waals surface area contributed by atoms with Crippen molar-refractivity contribution in [3.8, 4) is 22.8 Å². The Bertz CT molecular complexity index is 1420. The van der Waals surface area contributed by atoms with Gasteiger partial charge in [-0.1, -0.05) is 0 Å². The van der Waals surface area contributed by atoms with E-state index in [2.05, 4.69) is 8.92 Å². The molecular formula is C22H21F5N2O7S. The van der Waals surface area contributed by atoms with Crippen molar-refractivity contribution >= 4 is 16.1 Å². The van der Waals surface area contributed by atoms with Crippen molar-refractivity contribution in [3.63, 3.8) is 0 Å². The molecule has 1 saturated heterocycles. The van der Waals surface area contributed by atoms with E-state index in [1.54, 1.807) is 11.9 Å². The summed E-state index contributed by atoms with van der Waals surface area (Å²) < 4.78 is 103. The molecular weight excluding hydrogens is 531 g/mol. The number of carbonyl (C=O) groups is 1. The van der Waals surface area contributed by atoms with Crippen LogP contribution in [0, 0.1) is 0 Å². The molecule has 2 aliphatic rings. The fourth-order valence-electron chi connectivity index (χ4n) is 4.63. The molecule has 0 bridgehead atoms. The minimum atomic E-state index is -6.21. The Kier molecular flexibility index (Phi) is 6.41. The van der Waals surface area contributed by atoms with E-state index in [0.717, 1.165) is 18.2 Å². The second-order valence-electron chi connectivity index (χ2n) is 8.96. The molecule has 9 nitrogen and oxygen atoms in total. The van der Waals surface area contributed by atoms with Crippen LogP contribution in [0.25, 0.3) is 11.3 Å². The van der Waals surface area contributed by atoms with E-state index in [4.69, 9.17) is 4.74 Å². The first kappa shape index (κ1) is 26.7. The third kappa shape index (κ3) is 4.60. The molecule has 0 aliphatic carbocycles. The van der Waals surface area contributed by atoms with Crippen LogP contribution in [0.5, 0.6) is 11.5 Å². The molecule has 1 aromatic heterocycles. The number of nitrogens with zero attached hydrogens (tertiary/aromatic N) is 2. The third-order valence-electron chi connectivity index (χ3n) is 6.15. The molecule has 0 saturated carbocycles. The number of halogens is 5. The van der Waals surface area contributed by atoms with Gasteiger partial charge in [0, 0.05) is 17.8 Å². The molecule has 202 valence electrons. The Balaban J connectivity index is 1.98. The molecule has 15 heteroatoms. The zero-order valence-electron chi connectivity index (χ0n) is 19.6. The van der Waals surface area contributed by atoms with Gasteiger partial charge >= 0.3 is 28.2 Å². The van der Waals surface area contributed by atoms with E-state index >= 15 is 0 Å². The number of aromatic nitrogens is 1. The van der Waals surface area contributed by atoms with Crippen LogP contribution in [-0.2, 0) is 14.9 Å². The van der Waals surface area contributed by atoms with Crippen molar-refractivity contribution in [1.29, 1.82) is 0 Å². The second kappa shape index (κ2) is 8.89. The van der Waals surface area contributed by atoms with E-state index in [9.17, 15) is 40.0 Å². The van der Waals surface area contributed by atoms with E-state index in [0.29, 0.717) is 12.8 Å². The number of pyridine rings is 1. The van der Waals surface area contributed by atoms with Crippen molar-refractivity contribution in [1.82, 2.24) is 4.68 Å². The van der Waals surface area contributed by atoms with Crippen LogP contribution >= 0.6 is 0 Å². The smallest absolute Gasteiger partial charge is 0.462 e. The number of esters is 1. The average Bonchev–Trinajstić information content (AvgIpc) is 3.08. The normalized spacial score (nSPS) is 18.2. The lowest BCUT2D eigenvalue weighted by Crippen LogP contribution is -2.50. The van der Waals surface area contributed by atoms with Crippen LogP contribution in [-0.4, -0.2) is 43.3 Å². The van der Waals surface area contributed by atoms with Crippen LogP contribution in [0.4, 0.5) is 22.0 Å². The summed E-state index contributed by atoms with van der Waals surface area (Å²) in [6.45, 7) is 1.74. The lowest BCUT2D eigenvalue weighted by molar-refractivity contribution is -0.0536. The van der Waals surface area contributed by atoms with E-state index < -0.39 is 56.7 Å². The summed E-state index contributed by atoms with van der Waals surface area (Å²) in [6, 6.07) is 2.24. The number of alkyl halides is 5. The van der Waals surface area contributed by atoms with Gasteiger partial charge in [-0.15, -0.1) is 0 Å². The fraction of sp³-hybridized carbons (Fsp3) is 0.455. The molecule has 0 radical (unpaired) electrons. The average molecular weight is 552 g/mol. The Morgan fingerprint density at radius 1 is 1.19 bits per heavy atom. The molecule has 37 heavy (non-hydrogen) atoms. The van der Waals surface area contributed by atoms with Crippen molar-refractivity contribution in [3.05, 3.63) is 45.7 Å².